The van der Waals surface area contributed by atoms with Gasteiger partial charge in [-0.2, -0.15) is 0 Å². The molecule has 108 valence electrons. The number of benzene rings is 1. The molecule has 0 amide bonds. The van der Waals surface area contributed by atoms with Crippen molar-refractivity contribution < 1.29 is 0 Å². The topological polar surface area (TPSA) is 51.2 Å². The lowest BCUT2D eigenvalue weighted by atomic mass is 10.1. The zero-order valence-corrected chi connectivity index (χ0v) is 12.8. The Labute approximate surface area is 118 Å². The molecule has 2 unspecified atom stereocenters. The highest BCUT2D eigenvalue weighted by Gasteiger charge is 2.26. The molecule has 3 nitrogen and oxygen atoms in total. The molecule has 1 aromatic rings. The van der Waals surface area contributed by atoms with E-state index in [0.29, 0.717) is 0 Å². The van der Waals surface area contributed by atoms with Crippen LogP contribution in [0.15, 0.2) is 43.0 Å². The van der Waals surface area contributed by atoms with Gasteiger partial charge in [0.1, 0.15) is 0 Å². The second kappa shape index (κ2) is 10.6. The van der Waals surface area contributed by atoms with Gasteiger partial charge in [0.2, 0.25) is 0 Å². The number of nitrogen functional groups attached to an aromatic ring is 1. The minimum absolute atomic E-state index is 0.812. The van der Waals surface area contributed by atoms with Gasteiger partial charge in [-0.15, -0.1) is 6.58 Å². The van der Waals surface area contributed by atoms with Crippen LogP contribution >= 0.6 is 0 Å². The van der Waals surface area contributed by atoms with Crippen LogP contribution in [0.1, 0.15) is 13.8 Å². The average Bonchev–Trinajstić information content (AvgIpc) is 3.14. The minimum atomic E-state index is 0.812. The number of hydrogen-bond donors (Lipinski definition) is 2. The SMILES string of the molecule is C=CC.CC(CN(C)C)C1CN1.Nc1ccccc1. The number of rotatable bonds is 3. The Kier molecular flexibility index (Phi) is 9.85. The van der Waals surface area contributed by atoms with Crippen LogP contribution in [0.25, 0.3) is 0 Å². The van der Waals surface area contributed by atoms with Gasteiger partial charge < -0.3 is 16.0 Å². The van der Waals surface area contributed by atoms with Crippen LogP contribution in [-0.4, -0.2) is 38.1 Å². The van der Waals surface area contributed by atoms with Gasteiger partial charge in [0.25, 0.3) is 0 Å². The van der Waals surface area contributed by atoms with Crippen molar-refractivity contribution in [1.29, 1.82) is 0 Å². The van der Waals surface area contributed by atoms with Crippen LogP contribution in [0.3, 0.4) is 0 Å². The van der Waals surface area contributed by atoms with E-state index in [0.717, 1.165) is 17.6 Å². The third-order valence-corrected chi connectivity index (χ3v) is 2.58. The zero-order chi connectivity index (χ0) is 14.7. The molecule has 19 heavy (non-hydrogen) atoms. The van der Waals surface area contributed by atoms with Gasteiger partial charge in [0.15, 0.2) is 0 Å². The normalized spacial score (nSPS) is 17.4. The summed E-state index contributed by atoms with van der Waals surface area (Å²) in [6.45, 7) is 9.98. The van der Waals surface area contributed by atoms with Crippen LogP contribution < -0.4 is 11.1 Å². The monoisotopic (exact) mass is 263 g/mol. The Morgan fingerprint density at radius 2 is 1.89 bits per heavy atom. The van der Waals surface area contributed by atoms with Gasteiger partial charge in [0.05, 0.1) is 0 Å². The molecule has 3 N–H and O–H groups in total. The molecule has 0 aromatic heterocycles. The third-order valence-electron chi connectivity index (χ3n) is 2.58. The molecule has 1 aliphatic rings. The fourth-order valence-corrected chi connectivity index (χ4v) is 1.63. The van der Waals surface area contributed by atoms with E-state index in [-0.39, 0.29) is 0 Å². The summed E-state index contributed by atoms with van der Waals surface area (Å²) in [5.74, 6) is 0.819. The number of para-hydroxylation sites is 1. The van der Waals surface area contributed by atoms with Crippen molar-refractivity contribution in [3.8, 4) is 0 Å². The summed E-state index contributed by atoms with van der Waals surface area (Å²) in [5, 5.41) is 3.31. The molecule has 1 saturated heterocycles. The molecule has 0 spiro atoms. The zero-order valence-electron chi connectivity index (χ0n) is 12.8. The largest absolute Gasteiger partial charge is 0.399 e. The van der Waals surface area contributed by atoms with Gasteiger partial charge >= 0.3 is 0 Å². The summed E-state index contributed by atoms with van der Waals surface area (Å²) < 4.78 is 0. The number of nitrogens with two attached hydrogens (primary N) is 1. The van der Waals surface area contributed by atoms with E-state index in [9.17, 15) is 0 Å². The molecular weight excluding hydrogens is 234 g/mol. The molecule has 2 atom stereocenters. The van der Waals surface area contributed by atoms with Crippen LogP contribution in [0.2, 0.25) is 0 Å². The van der Waals surface area contributed by atoms with Crippen molar-refractivity contribution in [3.05, 3.63) is 43.0 Å². The van der Waals surface area contributed by atoms with Gasteiger partial charge in [0, 0.05) is 24.8 Å². The molecule has 0 bridgehead atoms. The number of allylic oxidation sites excluding steroid dienone is 1. The summed E-state index contributed by atoms with van der Waals surface area (Å²) in [7, 11) is 4.25. The predicted molar refractivity (Wildman–Crippen MR) is 86.2 cm³/mol. The van der Waals surface area contributed by atoms with E-state index in [2.05, 4.69) is 37.8 Å². The first-order chi connectivity index (χ1) is 9.01. The van der Waals surface area contributed by atoms with Crippen molar-refractivity contribution >= 4 is 5.69 Å². The van der Waals surface area contributed by atoms with Crippen molar-refractivity contribution in [2.75, 3.05) is 32.9 Å². The van der Waals surface area contributed by atoms with Crippen molar-refractivity contribution in [3.63, 3.8) is 0 Å². The highest BCUT2D eigenvalue weighted by molar-refractivity contribution is 5.35. The van der Waals surface area contributed by atoms with Crippen molar-refractivity contribution in [2.45, 2.75) is 19.9 Å². The fourth-order valence-electron chi connectivity index (χ4n) is 1.63. The van der Waals surface area contributed by atoms with E-state index in [1.165, 1.54) is 13.1 Å². The highest BCUT2D eigenvalue weighted by Crippen LogP contribution is 2.11. The Morgan fingerprint density at radius 3 is 2.16 bits per heavy atom. The molecule has 0 saturated carbocycles. The summed E-state index contributed by atoms with van der Waals surface area (Å²) >= 11 is 0. The predicted octanol–water partition coefficient (Wildman–Crippen LogP) is 2.62. The first-order valence-electron chi connectivity index (χ1n) is 6.77. The van der Waals surface area contributed by atoms with Crippen LogP contribution in [0, 0.1) is 5.92 Å². The van der Waals surface area contributed by atoms with E-state index in [1.807, 2.05) is 37.3 Å². The van der Waals surface area contributed by atoms with Gasteiger partial charge in [-0.25, -0.2) is 0 Å². The third kappa shape index (κ3) is 11.5. The average molecular weight is 263 g/mol. The van der Waals surface area contributed by atoms with E-state index in [4.69, 9.17) is 5.73 Å². The number of anilines is 1. The summed E-state index contributed by atoms with van der Waals surface area (Å²) in [6.07, 6.45) is 1.75. The van der Waals surface area contributed by atoms with Crippen molar-refractivity contribution in [2.24, 2.45) is 5.92 Å². The molecule has 1 fully saturated rings. The summed E-state index contributed by atoms with van der Waals surface area (Å²) in [6, 6.07) is 10.3. The quantitative estimate of drug-likeness (QED) is 0.501. The number of nitrogens with zero attached hydrogens (tertiary/aromatic N) is 1. The van der Waals surface area contributed by atoms with Crippen LogP contribution in [-0.2, 0) is 0 Å². The number of hydrogen-bond acceptors (Lipinski definition) is 3. The first-order valence-corrected chi connectivity index (χ1v) is 6.77. The summed E-state index contributed by atoms with van der Waals surface area (Å²) in [5.41, 5.74) is 6.18. The Morgan fingerprint density at radius 1 is 1.42 bits per heavy atom. The number of nitrogens with one attached hydrogen (secondary N) is 1. The second-order valence-corrected chi connectivity index (χ2v) is 5.07. The smallest absolute Gasteiger partial charge is 0.0313 e. The highest BCUT2D eigenvalue weighted by atomic mass is 15.1. The standard InChI is InChI=1S/C7H16N2.C6H7N.C3H6/c1-6(5-9(2)3)7-4-8-7;7-6-4-2-1-3-5-6;1-3-2/h6-8H,4-5H2,1-3H3;1-5H,7H2;3H,1H2,2H3. The van der Waals surface area contributed by atoms with E-state index >= 15 is 0 Å². The van der Waals surface area contributed by atoms with Crippen molar-refractivity contribution in [1.82, 2.24) is 10.2 Å². The minimum Gasteiger partial charge on any atom is -0.399 e. The Balaban J connectivity index is 0.000000289. The molecule has 1 aromatic carbocycles. The first kappa shape index (κ1) is 17.7. The Hall–Kier alpha value is -1.32. The van der Waals surface area contributed by atoms with Gasteiger partial charge in [-0.1, -0.05) is 31.2 Å². The van der Waals surface area contributed by atoms with Gasteiger partial charge in [-0.3, -0.25) is 0 Å². The summed E-state index contributed by atoms with van der Waals surface area (Å²) in [4.78, 5) is 2.24. The molecule has 0 aliphatic carbocycles. The molecular formula is C16H29N3. The van der Waals surface area contributed by atoms with E-state index < -0.39 is 0 Å². The molecule has 2 rings (SSSR count). The maximum Gasteiger partial charge on any atom is 0.0313 e. The lowest BCUT2D eigenvalue weighted by Gasteiger charge is -2.14. The lowest BCUT2D eigenvalue weighted by molar-refractivity contribution is 0.336. The van der Waals surface area contributed by atoms with Crippen LogP contribution in [0.4, 0.5) is 5.69 Å². The van der Waals surface area contributed by atoms with Gasteiger partial charge in [-0.05, 0) is 39.1 Å². The lowest BCUT2D eigenvalue weighted by Crippen LogP contribution is -2.23. The molecule has 1 aliphatic heterocycles. The molecule has 1 heterocycles. The molecule has 0 radical (unpaired) electrons. The fraction of sp³-hybridized carbons (Fsp3) is 0.500. The van der Waals surface area contributed by atoms with Crippen LogP contribution in [0.5, 0.6) is 0 Å². The maximum atomic E-state index is 5.36. The van der Waals surface area contributed by atoms with E-state index in [1.54, 1.807) is 6.08 Å². The molecule has 3 heteroatoms. The Bertz CT molecular complexity index is 318. The maximum absolute atomic E-state index is 5.36. The second-order valence-electron chi connectivity index (χ2n) is 5.07.